The minimum Gasteiger partial charge on any atom is -0.344 e. The fourth-order valence-corrected chi connectivity index (χ4v) is 3.07. The molecule has 100 valence electrons. The van der Waals surface area contributed by atoms with Crippen molar-refractivity contribution in [1.29, 1.82) is 0 Å². The molecule has 1 amide bonds. The predicted octanol–water partition coefficient (Wildman–Crippen LogP) is 2.34. The number of amides is 1. The monoisotopic (exact) mass is 269 g/mol. The molecule has 0 aromatic carbocycles. The molecule has 0 spiro atoms. The molecule has 1 aliphatic rings. The Labute approximate surface area is 113 Å². The first-order valence-corrected chi connectivity index (χ1v) is 6.94. The maximum atomic E-state index is 12.2. The van der Waals surface area contributed by atoms with Gasteiger partial charge in [-0.25, -0.2) is 4.98 Å². The molecule has 1 saturated carbocycles. The fraction of sp³-hybridized carbons (Fsp3) is 0.692. The van der Waals surface area contributed by atoms with Gasteiger partial charge in [0, 0.05) is 19.1 Å². The Hall–Kier alpha value is -1.03. The molecule has 1 aromatic rings. The van der Waals surface area contributed by atoms with E-state index < -0.39 is 0 Å². The SMILES string of the molecule is CC1CCCC(CCl)(NC(=O)c2cn(C)cn2)C1. The number of rotatable bonds is 3. The summed E-state index contributed by atoms with van der Waals surface area (Å²) in [7, 11) is 1.85. The van der Waals surface area contributed by atoms with Crippen LogP contribution < -0.4 is 5.32 Å². The topological polar surface area (TPSA) is 46.9 Å². The van der Waals surface area contributed by atoms with Gasteiger partial charge in [-0.2, -0.15) is 0 Å². The summed E-state index contributed by atoms with van der Waals surface area (Å²) in [6, 6.07) is 0. The van der Waals surface area contributed by atoms with Crippen molar-refractivity contribution in [3.8, 4) is 0 Å². The van der Waals surface area contributed by atoms with E-state index in [-0.39, 0.29) is 11.4 Å². The molecule has 1 aliphatic carbocycles. The average molecular weight is 270 g/mol. The van der Waals surface area contributed by atoms with Crippen LogP contribution in [-0.4, -0.2) is 26.9 Å². The van der Waals surface area contributed by atoms with E-state index in [0.717, 1.165) is 19.3 Å². The first-order valence-electron chi connectivity index (χ1n) is 6.41. The standard InChI is InChI=1S/C13H20ClN3O/c1-10-4-3-5-13(6-10,8-14)16-12(18)11-7-17(2)9-15-11/h7,9-10H,3-6,8H2,1-2H3,(H,16,18). The minimum absolute atomic E-state index is 0.120. The van der Waals surface area contributed by atoms with Gasteiger partial charge in [-0.1, -0.05) is 19.8 Å². The van der Waals surface area contributed by atoms with E-state index >= 15 is 0 Å². The molecule has 0 saturated heterocycles. The van der Waals surface area contributed by atoms with Crippen LogP contribution >= 0.6 is 11.6 Å². The number of imidazole rings is 1. The van der Waals surface area contributed by atoms with Crippen LogP contribution in [0.15, 0.2) is 12.5 Å². The van der Waals surface area contributed by atoms with Gasteiger partial charge in [0.05, 0.1) is 11.9 Å². The van der Waals surface area contributed by atoms with Crippen LogP contribution in [-0.2, 0) is 7.05 Å². The normalized spacial score (nSPS) is 28.1. The highest BCUT2D eigenvalue weighted by molar-refractivity contribution is 6.19. The molecule has 2 rings (SSSR count). The summed E-state index contributed by atoms with van der Waals surface area (Å²) in [6.45, 7) is 2.22. The Morgan fingerprint density at radius 3 is 3.06 bits per heavy atom. The first kappa shape index (κ1) is 13.4. The number of alkyl halides is 1. The van der Waals surface area contributed by atoms with Gasteiger partial charge in [0.1, 0.15) is 5.69 Å². The van der Waals surface area contributed by atoms with Gasteiger partial charge in [-0.15, -0.1) is 11.6 Å². The third-order valence-corrected chi connectivity index (χ3v) is 4.18. The van der Waals surface area contributed by atoms with Crippen molar-refractivity contribution >= 4 is 17.5 Å². The summed E-state index contributed by atoms with van der Waals surface area (Å²) in [4.78, 5) is 16.2. The van der Waals surface area contributed by atoms with Crippen LogP contribution in [0.3, 0.4) is 0 Å². The van der Waals surface area contributed by atoms with Crippen LogP contribution in [0, 0.1) is 5.92 Å². The number of nitrogens with one attached hydrogen (secondary N) is 1. The van der Waals surface area contributed by atoms with E-state index in [1.54, 1.807) is 17.1 Å². The summed E-state index contributed by atoms with van der Waals surface area (Å²) < 4.78 is 1.77. The Morgan fingerprint density at radius 2 is 2.50 bits per heavy atom. The van der Waals surface area contributed by atoms with Crippen LogP contribution in [0.4, 0.5) is 0 Å². The number of hydrogen-bond acceptors (Lipinski definition) is 2. The van der Waals surface area contributed by atoms with E-state index in [9.17, 15) is 4.79 Å². The lowest BCUT2D eigenvalue weighted by Gasteiger charge is -2.39. The van der Waals surface area contributed by atoms with E-state index in [1.807, 2.05) is 7.05 Å². The quantitative estimate of drug-likeness (QED) is 0.856. The lowest BCUT2D eigenvalue weighted by molar-refractivity contribution is 0.0862. The van der Waals surface area contributed by atoms with Gasteiger partial charge in [-0.3, -0.25) is 4.79 Å². The summed E-state index contributed by atoms with van der Waals surface area (Å²) in [5, 5.41) is 3.10. The second kappa shape index (κ2) is 5.31. The number of halogens is 1. The lowest BCUT2D eigenvalue weighted by atomic mass is 9.77. The highest BCUT2D eigenvalue weighted by atomic mass is 35.5. The van der Waals surface area contributed by atoms with Crippen molar-refractivity contribution < 1.29 is 4.79 Å². The molecule has 0 aliphatic heterocycles. The van der Waals surface area contributed by atoms with Crippen molar-refractivity contribution in [2.75, 3.05) is 5.88 Å². The molecule has 2 unspecified atom stereocenters. The third kappa shape index (κ3) is 2.86. The van der Waals surface area contributed by atoms with Gasteiger partial charge in [0.2, 0.25) is 0 Å². The first-order chi connectivity index (χ1) is 8.54. The highest BCUT2D eigenvalue weighted by Gasteiger charge is 2.36. The Morgan fingerprint density at radius 1 is 1.72 bits per heavy atom. The zero-order valence-electron chi connectivity index (χ0n) is 10.9. The van der Waals surface area contributed by atoms with E-state index in [0.29, 0.717) is 17.5 Å². The van der Waals surface area contributed by atoms with Crippen LogP contribution in [0.5, 0.6) is 0 Å². The molecule has 1 heterocycles. The molecule has 2 atom stereocenters. The van der Waals surface area contributed by atoms with Crippen molar-refractivity contribution in [3.05, 3.63) is 18.2 Å². The second-order valence-electron chi connectivity index (χ2n) is 5.49. The van der Waals surface area contributed by atoms with E-state index in [4.69, 9.17) is 11.6 Å². The van der Waals surface area contributed by atoms with Gasteiger partial charge >= 0.3 is 0 Å². The largest absolute Gasteiger partial charge is 0.344 e. The number of aromatic nitrogens is 2. The Bertz CT molecular complexity index is 432. The average Bonchev–Trinajstić information content (AvgIpc) is 2.76. The molecule has 5 heteroatoms. The molecule has 0 bridgehead atoms. The number of carbonyl (C=O) groups excluding carboxylic acids is 1. The van der Waals surface area contributed by atoms with E-state index in [1.165, 1.54) is 6.42 Å². The molecule has 1 fully saturated rings. The fourth-order valence-electron chi connectivity index (χ4n) is 2.76. The van der Waals surface area contributed by atoms with E-state index in [2.05, 4.69) is 17.2 Å². The number of nitrogens with zero attached hydrogens (tertiary/aromatic N) is 2. The summed E-state index contributed by atoms with van der Waals surface area (Å²) in [6.07, 6.45) is 7.61. The second-order valence-corrected chi connectivity index (χ2v) is 5.76. The molecule has 18 heavy (non-hydrogen) atoms. The summed E-state index contributed by atoms with van der Waals surface area (Å²) >= 11 is 6.10. The predicted molar refractivity (Wildman–Crippen MR) is 71.8 cm³/mol. The van der Waals surface area contributed by atoms with Gasteiger partial charge in [-0.05, 0) is 18.8 Å². The van der Waals surface area contributed by atoms with Crippen molar-refractivity contribution in [2.24, 2.45) is 13.0 Å². The maximum absolute atomic E-state index is 12.2. The van der Waals surface area contributed by atoms with Gasteiger partial charge < -0.3 is 9.88 Å². The number of hydrogen-bond donors (Lipinski definition) is 1. The number of aryl methyl sites for hydroxylation is 1. The van der Waals surface area contributed by atoms with Crippen LogP contribution in [0.2, 0.25) is 0 Å². The molecular weight excluding hydrogens is 250 g/mol. The molecule has 4 nitrogen and oxygen atoms in total. The van der Waals surface area contributed by atoms with Gasteiger partial charge in [0.25, 0.3) is 5.91 Å². The minimum atomic E-state index is -0.256. The maximum Gasteiger partial charge on any atom is 0.271 e. The van der Waals surface area contributed by atoms with Crippen LogP contribution in [0.25, 0.3) is 0 Å². The smallest absolute Gasteiger partial charge is 0.271 e. The third-order valence-electron chi connectivity index (χ3n) is 3.66. The number of carbonyl (C=O) groups is 1. The van der Waals surface area contributed by atoms with Gasteiger partial charge in [0.15, 0.2) is 0 Å². The zero-order chi connectivity index (χ0) is 13.2. The van der Waals surface area contributed by atoms with Crippen molar-refractivity contribution in [3.63, 3.8) is 0 Å². The van der Waals surface area contributed by atoms with Crippen LogP contribution in [0.1, 0.15) is 43.1 Å². The molecule has 1 aromatic heterocycles. The summed E-state index contributed by atoms with van der Waals surface area (Å²) in [5.41, 5.74) is 0.202. The highest BCUT2D eigenvalue weighted by Crippen LogP contribution is 2.33. The lowest BCUT2D eigenvalue weighted by Crippen LogP contribution is -2.52. The Kier molecular flexibility index (Phi) is 3.95. The zero-order valence-corrected chi connectivity index (χ0v) is 11.7. The van der Waals surface area contributed by atoms with Crippen molar-refractivity contribution in [1.82, 2.24) is 14.9 Å². The molecular formula is C13H20ClN3O. The molecule has 1 N–H and O–H groups in total. The van der Waals surface area contributed by atoms with Crippen molar-refractivity contribution in [2.45, 2.75) is 38.1 Å². The summed E-state index contributed by atoms with van der Waals surface area (Å²) in [5.74, 6) is 0.961. The Balaban J connectivity index is 2.08. The molecule has 0 radical (unpaired) electrons.